The molecule has 0 aromatic carbocycles. The van der Waals surface area contributed by atoms with Gasteiger partial charge in [0, 0.05) is 4.88 Å². The Bertz CT molecular complexity index is 791. The summed E-state index contributed by atoms with van der Waals surface area (Å²) < 4.78 is 1.16. The van der Waals surface area contributed by atoms with E-state index in [1.807, 2.05) is 6.07 Å². The zero-order valence-corrected chi connectivity index (χ0v) is 13.3. The molecule has 2 heterocycles. The molecule has 21 heavy (non-hydrogen) atoms. The fraction of sp³-hybridized carbons (Fsp3) is 0.600. The Labute approximate surface area is 127 Å². The average molecular weight is 302 g/mol. The van der Waals surface area contributed by atoms with E-state index in [1.54, 1.807) is 11.3 Å². The summed E-state index contributed by atoms with van der Waals surface area (Å²) in [6, 6.07) is 1.95. The maximum absolute atomic E-state index is 12.4. The molecule has 0 radical (unpaired) electrons. The number of nitriles is 1. The minimum atomic E-state index is -0.173. The minimum absolute atomic E-state index is 0.0446. The van der Waals surface area contributed by atoms with E-state index >= 15 is 0 Å². The molecular formula is C15H18N4OS. The highest BCUT2D eigenvalue weighted by molar-refractivity contribution is 7.18. The van der Waals surface area contributed by atoms with Gasteiger partial charge in [-0.05, 0) is 36.2 Å². The normalized spacial score (nSPS) is 18.5. The molecule has 0 saturated carbocycles. The highest BCUT2D eigenvalue weighted by Crippen LogP contribution is 2.41. The van der Waals surface area contributed by atoms with Gasteiger partial charge >= 0.3 is 0 Å². The summed E-state index contributed by atoms with van der Waals surface area (Å²) in [5.41, 5.74) is 1.25. The van der Waals surface area contributed by atoms with Crippen molar-refractivity contribution in [2.24, 2.45) is 11.3 Å². The summed E-state index contributed by atoms with van der Waals surface area (Å²) in [4.78, 5) is 14.4. The lowest BCUT2D eigenvalue weighted by Crippen LogP contribution is -2.27. The van der Waals surface area contributed by atoms with Crippen LogP contribution >= 0.6 is 11.3 Å². The highest BCUT2D eigenvalue weighted by atomic mass is 32.1. The first kappa shape index (κ1) is 14.2. The van der Waals surface area contributed by atoms with Crippen LogP contribution in [0.15, 0.2) is 4.79 Å². The molecule has 110 valence electrons. The maximum atomic E-state index is 12.4. The Morgan fingerprint density at radius 3 is 2.90 bits per heavy atom. The van der Waals surface area contributed by atoms with Crippen molar-refractivity contribution in [1.82, 2.24) is 15.0 Å². The first-order chi connectivity index (χ1) is 9.91. The molecule has 2 aromatic rings. The zero-order chi connectivity index (χ0) is 15.2. The molecule has 0 spiro atoms. The molecule has 5 nitrogen and oxygen atoms in total. The van der Waals surface area contributed by atoms with Gasteiger partial charge in [0.15, 0.2) is 4.83 Å². The van der Waals surface area contributed by atoms with Gasteiger partial charge in [0.25, 0.3) is 5.56 Å². The van der Waals surface area contributed by atoms with Gasteiger partial charge in [-0.3, -0.25) is 4.79 Å². The lowest BCUT2D eigenvalue weighted by molar-refractivity contribution is 0.218. The van der Waals surface area contributed by atoms with Crippen LogP contribution in [-0.2, 0) is 19.4 Å². The van der Waals surface area contributed by atoms with Crippen molar-refractivity contribution in [2.45, 2.75) is 46.6 Å². The van der Waals surface area contributed by atoms with E-state index in [9.17, 15) is 4.79 Å². The Morgan fingerprint density at radius 1 is 1.48 bits per heavy atom. The summed E-state index contributed by atoms with van der Waals surface area (Å²) >= 11 is 1.59. The quantitative estimate of drug-likeness (QED) is 0.811. The predicted octanol–water partition coefficient (Wildman–Crippen LogP) is 2.53. The van der Waals surface area contributed by atoms with Crippen LogP contribution < -0.4 is 5.56 Å². The molecule has 2 aromatic heterocycles. The van der Waals surface area contributed by atoms with Gasteiger partial charge in [-0.25, -0.2) is 0 Å². The average Bonchev–Trinajstić information content (AvgIpc) is 2.79. The molecule has 0 N–H and O–H groups in total. The third kappa shape index (κ3) is 2.36. The van der Waals surface area contributed by atoms with Crippen molar-refractivity contribution < 1.29 is 0 Å². The Hall–Kier alpha value is -1.74. The van der Waals surface area contributed by atoms with E-state index in [-0.39, 0.29) is 17.5 Å². The van der Waals surface area contributed by atoms with Crippen molar-refractivity contribution in [1.29, 1.82) is 5.26 Å². The topological polar surface area (TPSA) is 71.6 Å². The van der Waals surface area contributed by atoms with Crippen molar-refractivity contribution in [3.05, 3.63) is 20.8 Å². The maximum Gasteiger partial charge on any atom is 0.279 e. The molecule has 1 aliphatic carbocycles. The van der Waals surface area contributed by atoms with Gasteiger partial charge in [-0.15, -0.1) is 16.4 Å². The van der Waals surface area contributed by atoms with E-state index in [0.29, 0.717) is 16.1 Å². The number of thiophene rings is 1. The molecule has 6 heteroatoms. The van der Waals surface area contributed by atoms with E-state index in [2.05, 4.69) is 31.1 Å². The number of hydrogen-bond donors (Lipinski definition) is 0. The molecule has 0 amide bonds. The number of fused-ring (bicyclic) bond motifs is 3. The molecule has 0 bridgehead atoms. The van der Waals surface area contributed by atoms with Crippen molar-refractivity contribution in [3.8, 4) is 6.07 Å². The van der Waals surface area contributed by atoms with E-state index in [1.165, 1.54) is 4.88 Å². The SMILES string of the molecule is CC(C)(C)C1CCc2c(sc3nnn(CC#N)c(=O)c23)C1. The molecule has 3 rings (SSSR count). The Kier molecular flexibility index (Phi) is 3.33. The lowest BCUT2D eigenvalue weighted by atomic mass is 9.72. The van der Waals surface area contributed by atoms with Crippen molar-refractivity contribution >= 4 is 21.6 Å². The molecule has 0 aliphatic heterocycles. The van der Waals surface area contributed by atoms with Gasteiger partial charge < -0.3 is 0 Å². The zero-order valence-electron chi connectivity index (χ0n) is 12.5. The van der Waals surface area contributed by atoms with Crippen LogP contribution in [0.25, 0.3) is 10.2 Å². The van der Waals surface area contributed by atoms with Gasteiger partial charge in [0.2, 0.25) is 0 Å². The largest absolute Gasteiger partial charge is 0.279 e. The van der Waals surface area contributed by atoms with E-state index < -0.39 is 0 Å². The summed E-state index contributed by atoms with van der Waals surface area (Å²) in [5.74, 6) is 0.632. The van der Waals surface area contributed by atoms with Gasteiger partial charge in [0.05, 0.1) is 11.5 Å². The van der Waals surface area contributed by atoms with E-state index in [0.717, 1.165) is 29.5 Å². The van der Waals surface area contributed by atoms with Crippen molar-refractivity contribution in [2.75, 3.05) is 0 Å². The molecule has 0 fully saturated rings. The van der Waals surface area contributed by atoms with Gasteiger partial charge in [-0.1, -0.05) is 26.0 Å². The van der Waals surface area contributed by atoms with Gasteiger partial charge in [-0.2, -0.15) is 9.94 Å². The number of hydrogen-bond acceptors (Lipinski definition) is 5. The minimum Gasteiger partial charge on any atom is -0.267 e. The summed E-state index contributed by atoms with van der Waals surface area (Å²) in [6.07, 6.45) is 3.03. The van der Waals surface area contributed by atoms with Crippen LogP contribution in [0.3, 0.4) is 0 Å². The van der Waals surface area contributed by atoms with Crippen LogP contribution in [0.5, 0.6) is 0 Å². The summed E-state index contributed by atoms with van der Waals surface area (Å²) in [5, 5.41) is 17.4. The van der Waals surface area contributed by atoms with E-state index in [4.69, 9.17) is 5.26 Å². The molecule has 1 atom stereocenters. The van der Waals surface area contributed by atoms with Crippen LogP contribution in [0, 0.1) is 22.7 Å². The number of nitrogens with zero attached hydrogens (tertiary/aromatic N) is 4. The first-order valence-electron chi connectivity index (χ1n) is 7.17. The molecule has 0 saturated heterocycles. The second kappa shape index (κ2) is 4.92. The van der Waals surface area contributed by atoms with Crippen LogP contribution in [0.4, 0.5) is 0 Å². The van der Waals surface area contributed by atoms with Crippen molar-refractivity contribution in [3.63, 3.8) is 0 Å². The fourth-order valence-electron chi connectivity index (χ4n) is 3.04. The summed E-state index contributed by atoms with van der Waals surface area (Å²) in [6.45, 7) is 6.78. The molecular weight excluding hydrogens is 284 g/mol. The first-order valence-corrected chi connectivity index (χ1v) is 7.98. The molecule has 1 unspecified atom stereocenters. The smallest absolute Gasteiger partial charge is 0.267 e. The summed E-state index contributed by atoms with van der Waals surface area (Å²) in [7, 11) is 0. The number of aromatic nitrogens is 3. The lowest BCUT2D eigenvalue weighted by Gasteiger charge is -2.33. The monoisotopic (exact) mass is 302 g/mol. The van der Waals surface area contributed by atoms with Crippen LogP contribution in [-0.4, -0.2) is 15.0 Å². The second-order valence-corrected chi connectivity index (χ2v) is 7.78. The number of rotatable bonds is 1. The van der Waals surface area contributed by atoms with Crippen LogP contribution in [0.2, 0.25) is 0 Å². The standard InChI is InChI=1S/C15H18N4OS/c1-15(2,3)9-4-5-10-11(8-9)21-13-12(10)14(20)19(7-6-16)18-17-13/h9H,4-5,7-8H2,1-3H3. The number of aryl methyl sites for hydroxylation is 1. The van der Waals surface area contributed by atoms with Crippen LogP contribution in [0.1, 0.15) is 37.6 Å². The fourth-order valence-corrected chi connectivity index (χ4v) is 4.27. The van der Waals surface area contributed by atoms with Gasteiger partial charge in [0.1, 0.15) is 6.54 Å². The Morgan fingerprint density at radius 2 is 2.24 bits per heavy atom. The highest BCUT2D eigenvalue weighted by Gasteiger charge is 2.31. The molecule has 1 aliphatic rings. The second-order valence-electron chi connectivity index (χ2n) is 6.70. The third-order valence-electron chi connectivity index (χ3n) is 4.38. The predicted molar refractivity (Wildman–Crippen MR) is 82.3 cm³/mol. The Balaban J connectivity index is 2.11. The third-order valence-corrected chi connectivity index (χ3v) is 5.52.